The minimum atomic E-state index is -0.726. The van der Waals surface area contributed by atoms with Crippen molar-refractivity contribution < 1.29 is 9.50 Å². The minimum absolute atomic E-state index is 0.00781. The molecule has 4 rings (SSSR count). The number of rotatable bonds is 4. The van der Waals surface area contributed by atoms with Crippen LogP contribution in [-0.2, 0) is 0 Å². The van der Waals surface area contributed by atoms with Crippen LogP contribution in [0.4, 0.5) is 15.9 Å². The van der Waals surface area contributed by atoms with Crippen LogP contribution in [0.5, 0.6) is 0 Å². The third kappa shape index (κ3) is 3.53. The molecule has 2 aromatic carbocycles. The number of nitrogens with one attached hydrogen (secondary N) is 1. The Hall–Kier alpha value is -2.73. The first kappa shape index (κ1) is 19.6. The van der Waals surface area contributed by atoms with Gasteiger partial charge >= 0.3 is 0 Å². The van der Waals surface area contributed by atoms with Crippen LogP contribution in [0.25, 0.3) is 10.8 Å². The lowest BCUT2D eigenvalue weighted by Gasteiger charge is -2.45. The van der Waals surface area contributed by atoms with Crippen LogP contribution < -0.4 is 10.2 Å². The number of aryl methyl sites for hydroxylation is 2. The maximum atomic E-state index is 15.0. The highest BCUT2D eigenvalue weighted by atomic mass is 19.1. The highest BCUT2D eigenvalue weighted by Crippen LogP contribution is 2.35. The molecular weight excluding hydrogens is 367 g/mol. The summed E-state index contributed by atoms with van der Waals surface area (Å²) < 4.78 is 15.0. The summed E-state index contributed by atoms with van der Waals surface area (Å²) in [5, 5.41) is 23.2. The Morgan fingerprint density at radius 2 is 1.90 bits per heavy atom. The molecule has 2 N–H and O–H groups in total. The van der Waals surface area contributed by atoms with Crippen molar-refractivity contribution in [3.63, 3.8) is 0 Å². The Kier molecular flexibility index (Phi) is 4.69. The zero-order valence-electron chi connectivity index (χ0n) is 17.5. The molecule has 0 amide bonds. The lowest BCUT2D eigenvalue weighted by molar-refractivity contribution is 0.0310. The number of hydrogen-bond donors (Lipinski definition) is 2. The number of benzene rings is 2. The third-order valence-electron chi connectivity index (χ3n) is 5.89. The number of aromatic nitrogens is 2. The molecule has 0 spiro atoms. The molecule has 1 fully saturated rings. The first-order valence-electron chi connectivity index (χ1n) is 9.93. The van der Waals surface area contributed by atoms with Crippen LogP contribution in [0.3, 0.4) is 0 Å². The molecule has 0 aliphatic carbocycles. The standard InChI is InChI=1S/C23H27FN4O/c1-13-7-6-8-18(14(13)2)15(3)25-22-19-9-17(28-11-23(5,29)12-28)10-20(24)21(19)16(4)26-27-22/h6-10,15,29H,11-12H2,1-5H3,(H,25,27)/t15-/m1/s1. The van der Waals surface area contributed by atoms with Gasteiger partial charge in [-0.05, 0) is 63.4 Å². The Bertz CT molecular complexity index is 1090. The molecule has 1 aliphatic heterocycles. The number of β-amino-alcohol motifs (C(OH)–C–C–N with tert-alkyl or cyclic N) is 1. The van der Waals surface area contributed by atoms with Crippen molar-refractivity contribution in [1.82, 2.24) is 10.2 Å². The Balaban J connectivity index is 1.75. The number of fused-ring (bicyclic) bond motifs is 1. The number of halogens is 1. The lowest BCUT2D eigenvalue weighted by atomic mass is 9.95. The summed E-state index contributed by atoms with van der Waals surface area (Å²) in [6.07, 6.45) is 0. The van der Waals surface area contributed by atoms with Crippen molar-refractivity contribution in [3.8, 4) is 0 Å². The molecule has 3 aromatic rings. The molecule has 6 heteroatoms. The van der Waals surface area contributed by atoms with Crippen LogP contribution in [-0.4, -0.2) is 34.0 Å². The number of anilines is 2. The molecule has 1 aliphatic rings. The molecule has 0 saturated carbocycles. The van der Waals surface area contributed by atoms with E-state index in [2.05, 4.69) is 48.4 Å². The predicted molar refractivity (Wildman–Crippen MR) is 115 cm³/mol. The van der Waals surface area contributed by atoms with Gasteiger partial charge in [-0.25, -0.2) is 4.39 Å². The molecule has 5 nitrogen and oxygen atoms in total. The van der Waals surface area contributed by atoms with Gasteiger partial charge in [0.05, 0.1) is 17.3 Å². The molecule has 29 heavy (non-hydrogen) atoms. The predicted octanol–water partition coefficient (Wildman–Crippen LogP) is 4.44. The number of hydrogen-bond acceptors (Lipinski definition) is 5. The van der Waals surface area contributed by atoms with E-state index in [-0.39, 0.29) is 11.9 Å². The summed E-state index contributed by atoms with van der Waals surface area (Å²) in [5.41, 5.74) is 4.22. The van der Waals surface area contributed by atoms with Crippen molar-refractivity contribution in [3.05, 3.63) is 58.5 Å². The molecule has 152 valence electrons. The van der Waals surface area contributed by atoms with E-state index in [1.807, 2.05) is 17.0 Å². The van der Waals surface area contributed by atoms with E-state index >= 15 is 0 Å². The van der Waals surface area contributed by atoms with E-state index in [9.17, 15) is 9.50 Å². The summed E-state index contributed by atoms with van der Waals surface area (Å²) in [6.45, 7) is 10.8. The zero-order chi connectivity index (χ0) is 20.9. The zero-order valence-corrected chi connectivity index (χ0v) is 17.5. The second-order valence-electron chi connectivity index (χ2n) is 8.49. The fourth-order valence-electron chi connectivity index (χ4n) is 4.15. The Morgan fingerprint density at radius 1 is 1.17 bits per heavy atom. The maximum Gasteiger partial charge on any atom is 0.157 e. The van der Waals surface area contributed by atoms with Crippen molar-refractivity contribution in [2.75, 3.05) is 23.3 Å². The van der Waals surface area contributed by atoms with Crippen LogP contribution in [0.15, 0.2) is 30.3 Å². The molecular formula is C23H27FN4O. The highest BCUT2D eigenvalue weighted by molar-refractivity contribution is 5.96. The summed E-state index contributed by atoms with van der Waals surface area (Å²) in [4.78, 5) is 1.97. The molecule has 0 unspecified atom stereocenters. The first-order chi connectivity index (χ1) is 13.7. The van der Waals surface area contributed by atoms with E-state index < -0.39 is 5.60 Å². The van der Waals surface area contributed by atoms with Crippen LogP contribution in [0, 0.1) is 26.6 Å². The van der Waals surface area contributed by atoms with E-state index in [0.717, 1.165) is 5.69 Å². The lowest BCUT2D eigenvalue weighted by Crippen LogP contribution is -2.60. The van der Waals surface area contributed by atoms with Gasteiger partial charge in [0.25, 0.3) is 0 Å². The van der Waals surface area contributed by atoms with Crippen LogP contribution in [0.1, 0.15) is 42.3 Å². The fourth-order valence-corrected chi connectivity index (χ4v) is 4.15. The van der Waals surface area contributed by atoms with E-state index in [1.54, 1.807) is 13.8 Å². The second kappa shape index (κ2) is 6.95. The van der Waals surface area contributed by atoms with Crippen molar-refractivity contribution >= 4 is 22.3 Å². The van der Waals surface area contributed by atoms with Crippen LogP contribution in [0.2, 0.25) is 0 Å². The average Bonchev–Trinajstić information content (AvgIpc) is 2.63. The van der Waals surface area contributed by atoms with Gasteiger partial charge in [-0.1, -0.05) is 18.2 Å². The smallest absolute Gasteiger partial charge is 0.157 e. The number of aliphatic hydroxyl groups is 1. The fraction of sp³-hybridized carbons (Fsp3) is 0.391. The highest BCUT2D eigenvalue weighted by Gasteiger charge is 2.37. The Labute approximate surface area is 170 Å². The van der Waals surface area contributed by atoms with Gasteiger partial charge in [-0.3, -0.25) is 0 Å². The van der Waals surface area contributed by atoms with E-state index in [0.29, 0.717) is 35.4 Å². The number of nitrogens with zero attached hydrogens (tertiary/aromatic N) is 3. The van der Waals surface area contributed by atoms with Crippen molar-refractivity contribution in [2.24, 2.45) is 0 Å². The summed E-state index contributed by atoms with van der Waals surface area (Å²) in [6, 6.07) is 9.68. The molecule has 0 bridgehead atoms. The van der Waals surface area contributed by atoms with Gasteiger partial charge in [0.15, 0.2) is 5.82 Å². The first-order valence-corrected chi connectivity index (χ1v) is 9.93. The van der Waals surface area contributed by atoms with Crippen molar-refractivity contribution in [2.45, 2.75) is 46.3 Å². The van der Waals surface area contributed by atoms with Crippen molar-refractivity contribution in [1.29, 1.82) is 0 Å². The van der Waals surface area contributed by atoms with Gasteiger partial charge in [0.1, 0.15) is 5.82 Å². The largest absolute Gasteiger partial charge is 0.386 e. The summed E-state index contributed by atoms with van der Waals surface area (Å²) >= 11 is 0. The summed E-state index contributed by atoms with van der Waals surface area (Å²) in [7, 11) is 0. The third-order valence-corrected chi connectivity index (χ3v) is 5.89. The van der Waals surface area contributed by atoms with Crippen LogP contribution >= 0.6 is 0 Å². The SMILES string of the molecule is Cc1cccc([C@@H](C)Nc2nnc(C)c3c(F)cc(N4CC(C)(O)C4)cc23)c1C. The van der Waals surface area contributed by atoms with Gasteiger partial charge in [-0.15, -0.1) is 5.10 Å². The minimum Gasteiger partial charge on any atom is -0.386 e. The maximum absolute atomic E-state index is 15.0. The average molecular weight is 394 g/mol. The van der Waals surface area contributed by atoms with E-state index in [4.69, 9.17) is 0 Å². The monoisotopic (exact) mass is 394 g/mol. The molecule has 1 saturated heterocycles. The van der Waals surface area contributed by atoms with Gasteiger partial charge in [-0.2, -0.15) is 5.10 Å². The summed E-state index contributed by atoms with van der Waals surface area (Å²) in [5.74, 6) is 0.242. The molecule has 0 radical (unpaired) electrons. The normalized spacial score (nSPS) is 16.6. The van der Waals surface area contributed by atoms with Gasteiger partial charge < -0.3 is 15.3 Å². The quantitative estimate of drug-likeness (QED) is 0.685. The van der Waals surface area contributed by atoms with E-state index in [1.165, 1.54) is 22.8 Å². The van der Waals surface area contributed by atoms with Gasteiger partial charge in [0.2, 0.25) is 0 Å². The molecule has 1 atom stereocenters. The Morgan fingerprint density at radius 3 is 2.59 bits per heavy atom. The topological polar surface area (TPSA) is 61.3 Å². The second-order valence-corrected chi connectivity index (χ2v) is 8.49. The van der Waals surface area contributed by atoms with Gasteiger partial charge in [0, 0.05) is 29.5 Å². The molecule has 1 aromatic heterocycles. The molecule has 2 heterocycles.